The van der Waals surface area contributed by atoms with Crippen LogP contribution in [0.2, 0.25) is 0 Å². The molecule has 2 rings (SSSR count). The van der Waals surface area contributed by atoms with Crippen molar-refractivity contribution < 1.29 is 4.79 Å². The number of rotatable bonds is 8. The predicted molar refractivity (Wildman–Crippen MR) is 115 cm³/mol. The van der Waals surface area contributed by atoms with E-state index in [1.165, 1.54) is 25.9 Å². The number of likely N-dealkylation sites (tertiary alicyclic amines) is 2. The Morgan fingerprint density at radius 1 is 1.24 bits per heavy atom. The van der Waals surface area contributed by atoms with Crippen LogP contribution in [0.4, 0.5) is 0 Å². The lowest BCUT2D eigenvalue weighted by molar-refractivity contribution is -0.127. The number of carbonyl (C=O) groups is 1. The van der Waals surface area contributed by atoms with Gasteiger partial charge in [-0.05, 0) is 51.6 Å². The smallest absolute Gasteiger partial charge is 0.222 e. The number of hydrogen-bond acceptors (Lipinski definition) is 3. The molecule has 6 nitrogen and oxygen atoms in total. The van der Waals surface area contributed by atoms with Gasteiger partial charge in [0.2, 0.25) is 5.91 Å². The maximum atomic E-state index is 11.6. The molecule has 0 aliphatic carbocycles. The summed E-state index contributed by atoms with van der Waals surface area (Å²) in [6, 6.07) is 0. The summed E-state index contributed by atoms with van der Waals surface area (Å²) in [7, 11) is 0. The molecule has 2 saturated heterocycles. The van der Waals surface area contributed by atoms with E-state index in [9.17, 15) is 4.79 Å². The van der Waals surface area contributed by atoms with E-state index in [-0.39, 0.29) is 24.0 Å². The van der Waals surface area contributed by atoms with Crippen LogP contribution < -0.4 is 10.6 Å². The Morgan fingerprint density at radius 3 is 2.76 bits per heavy atom. The molecule has 0 aromatic heterocycles. The highest BCUT2D eigenvalue weighted by atomic mass is 127. The molecule has 1 atom stereocenters. The Labute approximate surface area is 170 Å². The number of guanidine groups is 1. The van der Waals surface area contributed by atoms with Crippen LogP contribution in [0.15, 0.2) is 4.99 Å². The van der Waals surface area contributed by atoms with Crippen LogP contribution in [-0.2, 0) is 4.79 Å². The molecule has 2 N–H and O–H groups in total. The highest BCUT2D eigenvalue weighted by molar-refractivity contribution is 14.0. The van der Waals surface area contributed by atoms with Crippen molar-refractivity contribution in [3.8, 4) is 0 Å². The normalized spacial score (nSPS) is 22.0. The average Bonchev–Trinajstić information content (AvgIpc) is 3.01. The Balaban J connectivity index is 0.00000312. The monoisotopic (exact) mass is 465 g/mol. The zero-order valence-corrected chi connectivity index (χ0v) is 18.3. The number of nitrogens with zero attached hydrogens (tertiary/aromatic N) is 3. The van der Waals surface area contributed by atoms with Crippen LogP contribution in [0.5, 0.6) is 0 Å². The van der Waals surface area contributed by atoms with Crippen LogP contribution in [0.25, 0.3) is 0 Å². The predicted octanol–water partition coefficient (Wildman–Crippen LogP) is 1.90. The molecule has 2 fully saturated rings. The second-order valence-electron chi connectivity index (χ2n) is 6.89. The van der Waals surface area contributed by atoms with Crippen molar-refractivity contribution in [2.75, 3.05) is 52.4 Å². The van der Waals surface area contributed by atoms with Crippen molar-refractivity contribution in [3.05, 3.63) is 0 Å². The number of hydrogen-bond donors (Lipinski definition) is 2. The summed E-state index contributed by atoms with van der Waals surface area (Å²) >= 11 is 0. The first kappa shape index (κ1) is 22.5. The van der Waals surface area contributed by atoms with Gasteiger partial charge in [0.1, 0.15) is 0 Å². The van der Waals surface area contributed by atoms with Gasteiger partial charge in [0, 0.05) is 45.7 Å². The second-order valence-corrected chi connectivity index (χ2v) is 6.89. The molecule has 0 saturated carbocycles. The van der Waals surface area contributed by atoms with Crippen LogP contribution in [-0.4, -0.2) is 74.0 Å². The molecular weight excluding hydrogens is 429 g/mol. The number of piperidine rings is 1. The molecule has 0 radical (unpaired) electrons. The number of aliphatic imine (C=N–C) groups is 1. The van der Waals surface area contributed by atoms with E-state index in [1.54, 1.807) is 0 Å². The van der Waals surface area contributed by atoms with Crippen molar-refractivity contribution in [2.24, 2.45) is 10.9 Å². The molecule has 25 heavy (non-hydrogen) atoms. The molecule has 7 heteroatoms. The van der Waals surface area contributed by atoms with Crippen LogP contribution in [0.3, 0.4) is 0 Å². The molecule has 0 bridgehead atoms. The Morgan fingerprint density at radius 2 is 2.08 bits per heavy atom. The minimum absolute atomic E-state index is 0. The molecule has 0 aromatic rings. The summed E-state index contributed by atoms with van der Waals surface area (Å²) in [5.41, 5.74) is 0. The van der Waals surface area contributed by atoms with Gasteiger partial charge in [0.25, 0.3) is 0 Å². The topological polar surface area (TPSA) is 60.0 Å². The largest absolute Gasteiger partial charge is 0.357 e. The first-order valence-electron chi connectivity index (χ1n) is 9.75. The van der Waals surface area contributed by atoms with Crippen LogP contribution in [0.1, 0.15) is 46.0 Å². The van der Waals surface area contributed by atoms with Gasteiger partial charge < -0.3 is 20.4 Å². The number of carbonyl (C=O) groups excluding carboxylic acids is 1. The third-order valence-corrected chi connectivity index (χ3v) is 4.97. The van der Waals surface area contributed by atoms with E-state index in [1.807, 2.05) is 4.90 Å². The average molecular weight is 465 g/mol. The summed E-state index contributed by atoms with van der Waals surface area (Å²) in [5.74, 6) is 1.91. The third-order valence-electron chi connectivity index (χ3n) is 4.97. The zero-order chi connectivity index (χ0) is 17.2. The van der Waals surface area contributed by atoms with Gasteiger partial charge in [0.05, 0.1) is 0 Å². The molecule has 2 aliphatic rings. The number of amides is 1. The summed E-state index contributed by atoms with van der Waals surface area (Å²) < 4.78 is 0. The molecule has 1 unspecified atom stereocenters. The summed E-state index contributed by atoms with van der Waals surface area (Å²) in [5, 5.41) is 6.74. The third kappa shape index (κ3) is 8.11. The second kappa shape index (κ2) is 12.7. The van der Waals surface area contributed by atoms with E-state index in [0.29, 0.717) is 11.8 Å². The lowest BCUT2D eigenvalue weighted by Crippen LogP contribution is -2.40. The molecule has 2 heterocycles. The highest BCUT2D eigenvalue weighted by Gasteiger charge is 2.19. The molecular formula is C18H36IN5O. The van der Waals surface area contributed by atoms with Crippen molar-refractivity contribution >= 4 is 35.8 Å². The van der Waals surface area contributed by atoms with E-state index >= 15 is 0 Å². The SMILES string of the molecule is CCNC(=NCC1CCCN(CC)C1)NCCCN1CCCC1=O.I. The van der Waals surface area contributed by atoms with Crippen molar-refractivity contribution in [2.45, 2.75) is 46.0 Å². The Hall–Kier alpha value is -0.570. The summed E-state index contributed by atoms with van der Waals surface area (Å²) in [6.45, 7) is 12.3. The van der Waals surface area contributed by atoms with Crippen molar-refractivity contribution in [1.29, 1.82) is 0 Å². The van der Waals surface area contributed by atoms with Gasteiger partial charge in [-0.25, -0.2) is 0 Å². The van der Waals surface area contributed by atoms with E-state index < -0.39 is 0 Å². The van der Waals surface area contributed by atoms with Gasteiger partial charge in [-0.1, -0.05) is 6.92 Å². The summed E-state index contributed by atoms with van der Waals surface area (Å²) in [6.07, 6.45) is 5.31. The molecule has 146 valence electrons. The van der Waals surface area contributed by atoms with Gasteiger partial charge in [-0.2, -0.15) is 0 Å². The minimum Gasteiger partial charge on any atom is -0.357 e. The van der Waals surface area contributed by atoms with Gasteiger partial charge in [-0.3, -0.25) is 9.79 Å². The van der Waals surface area contributed by atoms with Gasteiger partial charge in [0.15, 0.2) is 5.96 Å². The minimum atomic E-state index is 0. The van der Waals surface area contributed by atoms with Crippen LogP contribution in [0, 0.1) is 5.92 Å². The molecule has 0 aromatic carbocycles. The Bertz CT molecular complexity index is 418. The fraction of sp³-hybridized carbons (Fsp3) is 0.889. The maximum absolute atomic E-state index is 11.6. The lowest BCUT2D eigenvalue weighted by Gasteiger charge is -2.31. The molecule has 0 spiro atoms. The lowest BCUT2D eigenvalue weighted by atomic mass is 9.98. The first-order valence-corrected chi connectivity index (χ1v) is 9.75. The zero-order valence-electron chi connectivity index (χ0n) is 15.9. The van der Waals surface area contributed by atoms with E-state index in [2.05, 4.69) is 29.4 Å². The quantitative estimate of drug-likeness (QED) is 0.249. The van der Waals surface area contributed by atoms with E-state index in [0.717, 1.165) is 64.5 Å². The standard InChI is InChI=1S/C18H35N5O.HI/c1-3-19-18(20-10-7-13-23-12-6-9-17(23)24)21-14-16-8-5-11-22(4-2)15-16;/h16H,3-15H2,1-2H3,(H2,19,20,21);1H. The first-order chi connectivity index (χ1) is 11.7. The summed E-state index contributed by atoms with van der Waals surface area (Å²) in [4.78, 5) is 20.9. The number of halogens is 1. The van der Waals surface area contributed by atoms with Gasteiger partial charge >= 0.3 is 0 Å². The van der Waals surface area contributed by atoms with E-state index in [4.69, 9.17) is 4.99 Å². The number of nitrogens with one attached hydrogen (secondary N) is 2. The fourth-order valence-corrected chi connectivity index (χ4v) is 3.57. The molecule has 2 aliphatic heterocycles. The maximum Gasteiger partial charge on any atom is 0.222 e. The fourth-order valence-electron chi connectivity index (χ4n) is 3.57. The van der Waals surface area contributed by atoms with Crippen molar-refractivity contribution in [1.82, 2.24) is 20.4 Å². The highest BCUT2D eigenvalue weighted by Crippen LogP contribution is 2.16. The van der Waals surface area contributed by atoms with Crippen molar-refractivity contribution in [3.63, 3.8) is 0 Å². The van der Waals surface area contributed by atoms with Gasteiger partial charge in [-0.15, -0.1) is 24.0 Å². The molecule has 1 amide bonds. The Kier molecular flexibility index (Phi) is 11.4. The van der Waals surface area contributed by atoms with Crippen LogP contribution >= 0.6 is 24.0 Å².